The molecule has 0 aliphatic carbocycles. The van der Waals surface area contributed by atoms with Crippen molar-refractivity contribution in [2.45, 2.75) is 46.7 Å². The summed E-state index contributed by atoms with van der Waals surface area (Å²) in [6.07, 6.45) is -2.28. The largest absolute Gasteiger partial charge is 0.412 e. The van der Waals surface area contributed by atoms with Gasteiger partial charge in [0.05, 0.1) is 6.61 Å². The Kier molecular flexibility index (Phi) is 8.77. The molecule has 2 atom stereocenters. The summed E-state index contributed by atoms with van der Waals surface area (Å²) in [5, 5.41) is 0. The van der Waals surface area contributed by atoms with Crippen LogP contribution in [0.1, 0.15) is 40.5 Å². The molecule has 0 aromatic heterocycles. The van der Waals surface area contributed by atoms with Crippen molar-refractivity contribution >= 4 is 18.3 Å². The maximum Gasteiger partial charge on any atom is 0.412 e. The van der Waals surface area contributed by atoms with Crippen molar-refractivity contribution in [1.29, 1.82) is 0 Å². The van der Waals surface area contributed by atoms with Crippen molar-refractivity contribution < 1.29 is 22.2 Å². The SMILES string of the molecule is CCCCOP(=S)(CC(C)C(C)C)OCC(F)(F)F. The van der Waals surface area contributed by atoms with Gasteiger partial charge in [-0.3, -0.25) is 0 Å². The molecular formula is C12H24F3O2PS. The van der Waals surface area contributed by atoms with Crippen LogP contribution in [0.4, 0.5) is 13.2 Å². The zero-order valence-corrected chi connectivity index (χ0v) is 13.7. The summed E-state index contributed by atoms with van der Waals surface area (Å²) in [6, 6.07) is 0. The van der Waals surface area contributed by atoms with E-state index in [1.807, 2.05) is 27.7 Å². The summed E-state index contributed by atoms with van der Waals surface area (Å²) >= 11 is 5.25. The van der Waals surface area contributed by atoms with Gasteiger partial charge in [-0.2, -0.15) is 13.2 Å². The lowest BCUT2D eigenvalue weighted by Crippen LogP contribution is -2.19. The van der Waals surface area contributed by atoms with Crippen LogP contribution >= 0.6 is 6.49 Å². The Morgan fingerprint density at radius 1 is 1.16 bits per heavy atom. The Labute approximate surface area is 119 Å². The van der Waals surface area contributed by atoms with Crippen LogP contribution in [0.2, 0.25) is 0 Å². The zero-order valence-electron chi connectivity index (χ0n) is 12.0. The van der Waals surface area contributed by atoms with Gasteiger partial charge in [-0.1, -0.05) is 34.1 Å². The topological polar surface area (TPSA) is 18.5 Å². The summed E-state index contributed by atoms with van der Waals surface area (Å²) in [5.41, 5.74) is 0. The summed E-state index contributed by atoms with van der Waals surface area (Å²) < 4.78 is 47.2. The van der Waals surface area contributed by atoms with Crippen molar-refractivity contribution in [3.63, 3.8) is 0 Å². The lowest BCUT2D eigenvalue weighted by Gasteiger charge is -2.27. The van der Waals surface area contributed by atoms with E-state index in [0.29, 0.717) is 18.7 Å². The van der Waals surface area contributed by atoms with Crippen LogP contribution in [0.25, 0.3) is 0 Å². The lowest BCUT2D eigenvalue weighted by molar-refractivity contribution is -0.153. The summed E-state index contributed by atoms with van der Waals surface area (Å²) in [5.74, 6) is 0.521. The number of halogens is 3. The van der Waals surface area contributed by atoms with Crippen molar-refractivity contribution in [2.24, 2.45) is 11.8 Å². The van der Waals surface area contributed by atoms with E-state index >= 15 is 0 Å². The van der Waals surface area contributed by atoms with Gasteiger partial charge in [0, 0.05) is 6.16 Å². The molecule has 0 spiro atoms. The molecule has 0 radical (unpaired) electrons. The zero-order chi connectivity index (χ0) is 15.1. The van der Waals surface area contributed by atoms with Crippen LogP contribution in [0.15, 0.2) is 0 Å². The molecule has 0 heterocycles. The molecular weight excluding hydrogens is 296 g/mol. The smallest absolute Gasteiger partial charge is 0.329 e. The van der Waals surface area contributed by atoms with Crippen LogP contribution in [-0.2, 0) is 20.9 Å². The highest BCUT2D eigenvalue weighted by atomic mass is 32.5. The van der Waals surface area contributed by atoms with E-state index in [-0.39, 0.29) is 5.92 Å². The monoisotopic (exact) mass is 320 g/mol. The van der Waals surface area contributed by atoms with Crippen molar-refractivity contribution in [2.75, 3.05) is 19.4 Å². The Morgan fingerprint density at radius 3 is 2.16 bits per heavy atom. The van der Waals surface area contributed by atoms with Crippen LogP contribution in [0.3, 0.4) is 0 Å². The molecule has 2 unspecified atom stereocenters. The fourth-order valence-corrected chi connectivity index (χ4v) is 4.48. The maximum absolute atomic E-state index is 12.3. The second-order valence-electron chi connectivity index (χ2n) is 5.09. The van der Waals surface area contributed by atoms with Gasteiger partial charge in [-0.25, -0.2) is 0 Å². The highest BCUT2D eigenvalue weighted by Gasteiger charge is 2.33. The Bertz CT molecular complexity index is 295. The highest BCUT2D eigenvalue weighted by molar-refractivity contribution is 8.09. The molecule has 0 aromatic rings. The molecule has 116 valence electrons. The second-order valence-corrected chi connectivity index (χ2v) is 8.86. The summed E-state index contributed by atoms with van der Waals surface area (Å²) in [4.78, 5) is 0. The second kappa shape index (κ2) is 8.60. The number of rotatable bonds is 9. The molecule has 0 bridgehead atoms. The van der Waals surface area contributed by atoms with E-state index in [2.05, 4.69) is 0 Å². The van der Waals surface area contributed by atoms with Crippen LogP contribution < -0.4 is 0 Å². The van der Waals surface area contributed by atoms with Gasteiger partial charge >= 0.3 is 6.18 Å². The van der Waals surface area contributed by atoms with Gasteiger partial charge in [-0.05, 0) is 30.1 Å². The standard InChI is InChI=1S/C12H24F3O2PS/c1-5-6-7-16-18(19,8-11(4)10(2)3)17-9-12(13,14)15/h10-11H,5-9H2,1-4H3. The molecule has 0 saturated carbocycles. The molecule has 7 heteroatoms. The molecule has 0 aromatic carbocycles. The van der Waals surface area contributed by atoms with E-state index < -0.39 is 19.3 Å². The normalized spacial score (nSPS) is 17.5. The summed E-state index contributed by atoms with van der Waals surface area (Å²) in [7, 11) is 0. The molecule has 2 nitrogen and oxygen atoms in total. The van der Waals surface area contributed by atoms with E-state index in [9.17, 15) is 13.2 Å². The van der Waals surface area contributed by atoms with Gasteiger partial charge in [0.2, 0.25) is 0 Å². The van der Waals surface area contributed by atoms with E-state index in [0.717, 1.165) is 12.8 Å². The van der Waals surface area contributed by atoms with Gasteiger partial charge < -0.3 is 9.05 Å². The van der Waals surface area contributed by atoms with Gasteiger partial charge in [-0.15, -0.1) is 0 Å². The first-order valence-corrected chi connectivity index (χ1v) is 9.37. The molecule has 0 aliphatic rings. The minimum Gasteiger partial charge on any atom is -0.329 e. The molecule has 0 rings (SSSR count). The third kappa shape index (κ3) is 9.83. The highest BCUT2D eigenvalue weighted by Crippen LogP contribution is 2.52. The maximum atomic E-state index is 12.3. The number of alkyl halides is 3. The molecule has 0 N–H and O–H groups in total. The fourth-order valence-electron chi connectivity index (χ4n) is 1.23. The van der Waals surface area contributed by atoms with E-state index in [1.54, 1.807) is 0 Å². The first-order valence-electron chi connectivity index (χ1n) is 6.54. The Hall–Kier alpha value is 0.360. The third-order valence-electron chi connectivity index (χ3n) is 2.86. The van der Waals surface area contributed by atoms with Crippen LogP contribution in [0, 0.1) is 11.8 Å². The minimum atomic E-state index is -4.36. The first kappa shape index (κ1) is 19.4. The lowest BCUT2D eigenvalue weighted by atomic mass is 10.0. The fraction of sp³-hybridized carbons (Fsp3) is 1.00. The average Bonchev–Trinajstić information content (AvgIpc) is 2.26. The number of hydrogen-bond acceptors (Lipinski definition) is 3. The van der Waals surface area contributed by atoms with Gasteiger partial charge in [0.15, 0.2) is 6.49 Å². The van der Waals surface area contributed by atoms with E-state index in [4.69, 9.17) is 20.9 Å². The predicted octanol–water partition coefficient (Wildman–Crippen LogP) is 4.98. The molecule has 0 aliphatic heterocycles. The third-order valence-corrected chi connectivity index (χ3v) is 6.06. The van der Waals surface area contributed by atoms with Crippen molar-refractivity contribution in [1.82, 2.24) is 0 Å². The number of unbranched alkanes of at least 4 members (excludes halogenated alkanes) is 1. The van der Waals surface area contributed by atoms with Gasteiger partial charge in [0.1, 0.15) is 6.61 Å². The van der Waals surface area contributed by atoms with Crippen LogP contribution in [0.5, 0.6) is 0 Å². The minimum absolute atomic E-state index is 0.181. The molecule has 0 saturated heterocycles. The Balaban J connectivity index is 4.57. The summed E-state index contributed by atoms with van der Waals surface area (Å²) in [6.45, 7) is 4.19. The molecule has 0 fully saturated rings. The first-order chi connectivity index (χ1) is 8.59. The molecule has 0 amide bonds. The van der Waals surface area contributed by atoms with Crippen LogP contribution in [-0.4, -0.2) is 25.6 Å². The van der Waals surface area contributed by atoms with Gasteiger partial charge in [0.25, 0.3) is 0 Å². The molecule has 19 heavy (non-hydrogen) atoms. The van der Waals surface area contributed by atoms with Crippen molar-refractivity contribution in [3.05, 3.63) is 0 Å². The van der Waals surface area contributed by atoms with E-state index in [1.165, 1.54) is 0 Å². The number of hydrogen-bond donors (Lipinski definition) is 0. The quantitative estimate of drug-likeness (QED) is 0.441. The Morgan fingerprint density at radius 2 is 1.74 bits per heavy atom. The van der Waals surface area contributed by atoms with Crippen molar-refractivity contribution in [3.8, 4) is 0 Å². The average molecular weight is 320 g/mol. The predicted molar refractivity (Wildman–Crippen MR) is 76.0 cm³/mol.